The molecule has 2 atom stereocenters. The third kappa shape index (κ3) is 4.60. The van der Waals surface area contributed by atoms with Crippen LogP contribution >= 0.6 is 11.6 Å². The number of carbonyl (C=O) groups is 2. The highest BCUT2D eigenvalue weighted by molar-refractivity contribution is 7.89. The molecule has 1 aliphatic heterocycles. The molecule has 1 unspecified atom stereocenters. The lowest BCUT2D eigenvalue weighted by molar-refractivity contribution is -0.126. The molecule has 0 aromatic heterocycles. The van der Waals surface area contributed by atoms with Gasteiger partial charge in [-0.2, -0.15) is 4.31 Å². The maximum atomic E-state index is 12.9. The highest BCUT2D eigenvalue weighted by Crippen LogP contribution is 2.27. The fraction of sp³-hybridized carbons (Fsp3) is 0.300. The van der Waals surface area contributed by atoms with E-state index in [1.807, 2.05) is 30.3 Å². The van der Waals surface area contributed by atoms with Crippen LogP contribution in [-0.2, 0) is 26.0 Å². The summed E-state index contributed by atoms with van der Waals surface area (Å²) in [6.45, 7) is 0.257. The van der Waals surface area contributed by atoms with Crippen molar-refractivity contribution in [1.82, 2.24) is 9.62 Å². The number of sulfonamides is 1. The average molecular weight is 421 g/mol. The van der Waals surface area contributed by atoms with Crippen molar-refractivity contribution >= 4 is 33.8 Å². The zero-order valence-electron chi connectivity index (χ0n) is 15.1. The number of nitrogens with one attached hydrogen (secondary N) is 1. The molecule has 0 saturated carbocycles. The fourth-order valence-corrected chi connectivity index (χ4v) is 5.09. The minimum atomic E-state index is -3.83. The number of aldehydes is 1. The molecule has 1 heterocycles. The molecule has 2 aromatic rings. The zero-order valence-corrected chi connectivity index (χ0v) is 16.7. The first-order valence-corrected chi connectivity index (χ1v) is 10.8. The molecule has 1 saturated heterocycles. The summed E-state index contributed by atoms with van der Waals surface area (Å²) in [5.41, 5.74) is 0.914. The van der Waals surface area contributed by atoms with Gasteiger partial charge in [-0.15, -0.1) is 0 Å². The molecule has 2 aromatic carbocycles. The number of halogens is 1. The molecule has 1 N–H and O–H groups in total. The van der Waals surface area contributed by atoms with Gasteiger partial charge in [0, 0.05) is 11.6 Å². The third-order valence-electron chi connectivity index (χ3n) is 4.72. The van der Waals surface area contributed by atoms with Gasteiger partial charge in [-0.3, -0.25) is 4.79 Å². The molecule has 0 bridgehead atoms. The standard InChI is InChI=1S/C20H21ClN2O4S/c21-16-8-10-18(11-9-16)28(26,27)23-12-4-7-19(23)20(25)22-17(14-24)13-15-5-2-1-3-6-15/h1-3,5-6,8-11,14,17,19H,4,7,12-13H2,(H,22,25)/t17?,19-/m1/s1. The molecule has 6 nitrogen and oxygen atoms in total. The molecule has 8 heteroatoms. The van der Waals surface area contributed by atoms with E-state index in [1.165, 1.54) is 28.6 Å². The van der Waals surface area contributed by atoms with E-state index in [2.05, 4.69) is 5.32 Å². The van der Waals surface area contributed by atoms with Gasteiger partial charge in [-0.05, 0) is 49.1 Å². The molecule has 0 spiro atoms. The van der Waals surface area contributed by atoms with Crippen molar-refractivity contribution in [3.8, 4) is 0 Å². The van der Waals surface area contributed by atoms with Crippen molar-refractivity contribution in [3.63, 3.8) is 0 Å². The van der Waals surface area contributed by atoms with Crippen molar-refractivity contribution < 1.29 is 18.0 Å². The van der Waals surface area contributed by atoms with Gasteiger partial charge in [-0.25, -0.2) is 8.42 Å². The van der Waals surface area contributed by atoms with Crippen LogP contribution in [0, 0.1) is 0 Å². The molecule has 0 aliphatic carbocycles. The van der Waals surface area contributed by atoms with E-state index in [1.54, 1.807) is 0 Å². The van der Waals surface area contributed by atoms with E-state index < -0.39 is 28.0 Å². The Morgan fingerprint density at radius 1 is 1.18 bits per heavy atom. The van der Waals surface area contributed by atoms with Crippen LogP contribution in [0.15, 0.2) is 59.5 Å². The lowest BCUT2D eigenvalue weighted by Crippen LogP contribution is -2.49. The van der Waals surface area contributed by atoms with Crippen LogP contribution in [0.5, 0.6) is 0 Å². The highest BCUT2D eigenvalue weighted by atomic mass is 35.5. The Morgan fingerprint density at radius 2 is 1.86 bits per heavy atom. The van der Waals surface area contributed by atoms with Gasteiger partial charge in [0.25, 0.3) is 0 Å². The van der Waals surface area contributed by atoms with Gasteiger partial charge in [-0.1, -0.05) is 41.9 Å². The van der Waals surface area contributed by atoms with Crippen molar-refractivity contribution in [2.45, 2.75) is 36.2 Å². The lowest BCUT2D eigenvalue weighted by atomic mass is 10.1. The molecule has 1 aliphatic rings. The summed E-state index contributed by atoms with van der Waals surface area (Å²) in [4.78, 5) is 24.3. The first kappa shape index (κ1) is 20.5. The SMILES string of the molecule is O=CC(Cc1ccccc1)NC(=O)[C@H]1CCCN1S(=O)(=O)c1ccc(Cl)cc1. The molecule has 3 rings (SSSR count). The summed E-state index contributed by atoms with van der Waals surface area (Å²) >= 11 is 5.83. The second-order valence-electron chi connectivity index (χ2n) is 6.67. The summed E-state index contributed by atoms with van der Waals surface area (Å²) in [7, 11) is -3.83. The van der Waals surface area contributed by atoms with E-state index >= 15 is 0 Å². The van der Waals surface area contributed by atoms with Crippen LogP contribution in [0.25, 0.3) is 0 Å². The Morgan fingerprint density at radius 3 is 2.50 bits per heavy atom. The molecular formula is C20H21ClN2O4S. The van der Waals surface area contributed by atoms with Crippen LogP contribution in [0.4, 0.5) is 0 Å². The lowest BCUT2D eigenvalue weighted by Gasteiger charge is -2.24. The quantitative estimate of drug-likeness (QED) is 0.697. The van der Waals surface area contributed by atoms with Crippen LogP contribution in [0.2, 0.25) is 5.02 Å². The van der Waals surface area contributed by atoms with Gasteiger partial charge >= 0.3 is 0 Å². The van der Waals surface area contributed by atoms with Gasteiger partial charge < -0.3 is 10.1 Å². The van der Waals surface area contributed by atoms with E-state index in [4.69, 9.17) is 11.6 Å². The predicted octanol–water partition coefficient (Wildman–Crippen LogP) is 2.42. The van der Waals surface area contributed by atoms with Gasteiger partial charge in [0.15, 0.2) is 0 Å². The Bertz CT molecular complexity index is 932. The number of amides is 1. The summed E-state index contributed by atoms with van der Waals surface area (Å²) in [6, 6.07) is 13.6. The molecule has 148 valence electrons. The van der Waals surface area contributed by atoms with Crippen LogP contribution in [0.1, 0.15) is 18.4 Å². The summed E-state index contributed by atoms with van der Waals surface area (Å²) in [5.74, 6) is -0.455. The minimum absolute atomic E-state index is 0.0906. The third-order valence-corrected chi connectivity index (χ3v) is 6.89. The number of nitrogens with zero attached hydrogens (tertiary/aromatic N) is 1. The number of benzene rings is 2. The largest absolute Gasteiger partial charge is 0.345 e. The maximum Gasteiger partial charge on any atom is 0.243 e. The Balaban J connectivity index is 1.73. The van der Waals surface area contributed by atoms with Crippen molar-refractivity contribution in [1.29, 1.82) is 0 Å². The zero-order chi connectivity index (χ0) is 20.1. The highest BCUT2D eigenvalue weighted by Gasteiger charge is 2.39. The second-order valence-corrected chi connectivity index (χ2v) is 9.00. The number of hydrogen-bond acceptors (Lipinski definition) is 4. The van der Waals surface area contributed by atoms with E-state index in [0.717, 1.165) is 5.56 Å². The van der Waals surface area contributed by atoms with E-state index in [0.29, 0.717) is 30.6 Å². The topological polar surface area (TPSA) is 83.6 Å². The second kappa shape index (κ2) is 8.86. The molecule has 1 fully saturated rings. The molecule has 1 amide bonds. The number of rotatable bonds is 7. The Kier molecular flexibility index (Phi) is 6.49. The first-order valence-electron chi connectivity index (χ1n) is 8.99. The molecule has 0 radical (unpaired) electrons. The van der Waals surface area contributed by atoms with Crippen molar-refractivity contribution in [2.24, 2.45) is 0 Å². The Hall–Kier alpha value is -2.22. The average Bonchev–Trinajstić information content (AvgIpc) is 3.19. The Labute approximate surface area is 169 Å². The van der Waals surface area contributed by atoms with Crippen LogP contribution < -0.4 is 5.32 Å². The van der Waals surface area contributed by atoms with Crippen LogP contribution in [0.3, 0.4) is 0 Å². The van der Waals surface area contributed by atoms with Crippen molar-refractivity contribution in [3.05, 3.63) is 65.2 Å². The van der Waals surface area contributed by atoms with Gasteiger partial charge in [0.2, 0.25) is 15.9 Å². The predicted molar refractivity (Wildman–Crippen MR) is 107 cm³/mol. The smallest absolute Gasteiger partial charge is 0.243 e. The maximum absolute atomic E-state index is 12.9. The molecule has 28 heavy (non-hydrogen) atoms. The van der Waals surface area contributed by atoms with E-state index in [9.17, 15) is 18.0 Å². The van der Waals surface area contributed by atoms with Crippen molar-refractivity contribution in [2.75, 3.05) is 6.54 Å². The summed E-state index contributed by atoms with van der Waals surface area (Å²) < 4.78 is 27.1. The van der Waals surface area contributed by atoms with Gasteiger partial charge in [0.1, 0.15) is 12.3 Å². The first-order chi connectivity index (χ1) is 13.4. The number of hydrogen-bond donors (Lipinski definition) is 1. The fourth-order valence-electron chi connectivity index (χ4n) is 3.31. The van der Waals surface area contributed by atoms with Gasteiger partial charge in [0.05, 0.1) is 10.9 Å². The molecular weight excluding hydrogens is 400 g/mol. The normalized spacial score (nSPS) is 18.5. The van der Waals surface area contributed by atoms with E-state index in [-0.39, 0.29) is 11.4 Å². The van der Waals surface area contributed by atoms with Crippen LogP contribution in [-0.4, -0.2) is 43.5 Å². The summed E-state index contributed by atoms with van der Waals surface area (Å²) in [5, 5.41) is 3.12. The minimum Gasteiger partial charge on any atom is -0.345 e. The summed E-state index contributed by atoms with van der Waals surface area (Å²) in [6.07, 6.45) is 2.02. The number of carbonyl (C=O) groups excluding carboxylic acids is 2. The monoisotopic (exact) mass is 420 g/mol.